The summed E-state index contributed by atoms with van der Waals surface area (Å²) in [4.78, 5) is 33.1. The zero-order chi connectivity index (χ0) is 29.1. The Morgan fingerprint density at radius 2 is 1.74 bits per heavy atom. The van der Waals surface area contributed by atoms with E-state index in [1.165, 1.54) is 6.33 Å². The minimum Gasteiger partial charge on any atom is -0.339 e. The zero-order valence-electron chi connectivity index (χ0n) is 22.8. The molecule has 0 aliphatic rings. The number of hydrogen-bond acceptors (Lipinski definition) is 7. The van der Waals surface area contributed by atoms with Crippen molar-refractivity contribution in [2.24, 2.45) is 0 Å². The summed E-state index contributed by atoms with van der Waals surface area (Å²) in [6.45, 7) is 4.20. The van der Waals surface area contributed by atoms with E-state index in [4.69, 9.17) is 4.98 Å². The smallest absolute Gasteiger partial charge is 0.256 e. The molecule has 42 heavy (non-hydrogen) atoms. The van der Waals surface area contributed by atoms with Crippen LogP contribution in [0.2, 0.25) is 0 Å². The molecule has 0 fully saturated rings. The molecule has 0 atom stereocenters. The Bertz CT molecular complexity index is 1860. The van der Waals surface area contributed by atoms with Gasteiger partial charge in [-0.3, -0.25) is 4.79 Å². The second-order valence-corrected chi connectivity index (χ2v) is 11.9. The van der Waals surface area contributed by atoms with Crippen LogP contribution in [-0.4, -0.2) is 30.4 Å². The van der Waals surface area contributed by atoms with E-state index < -0.39 is 0 Å². The Morgan fingerprint density at radius 3 is 2.48 bits per heavy atom. The highest BCUT2D eigenvalue weighted by Gasteiger charge is 2.15. The Hall–Kier alpha value is -4.54. The first kappa shape index (κ1) is 27.6. The lowest BCUT2D eigenvalue weighted by atomic mass is 10.1. The van der Waals surface area contributed by atoms with Crippen LogP contribution in [0.15, 0.2) is 118 Å². The third kappa shape index (κ3) is 6.19. The highest BCUT2D eigenvalue weighted by Crippen LogP contribution is 2.37. The van der Waals surface area contributed by atoms with Gasteiger partial charge in [0.05, 0.1) is 11.1 Å². The average molecular weight is 637 g/mol. The molecule has 0 saturated heterocycles. The molecule has 0 bridgehead atoms. The van der Waals surface area contributed by atoms with Crippen LogP contribution in [0.25, 0.3) is 16.7 Å². The third-order valence-corrected chi connectivity index (χ3v) is 8.09. The molecule has 0 aliphatic carbocycles. The first-order valence-corrected chi connectivity index (χ1v) is 14.9. The van der Waals surface area contributed by atoms with Crippen LogP contribution in [0.3, 0.4) is 0 Å². The molecule has 208 valence electrons. The summed E-state index contributed by atoms with van der Waals surface area (Å²) in [6.07, 6.45) is 7.18. The van der Waals surface area contributed by atoms with Gasteiger partial charge in [0.1, 0.15) is 18.0 Å². The molecular weight excluding hydrogens is 610 g/mol. The number of benzene rings is 2. The van der Waals surface area contributed by atoms with Crippen molar-refractivity contribution >= 4 is 62.0 Å². The molecule has 0 unspecified atom stereocenters. The lowest BCUT2D eigenvalue weighted by Gasteiger charge is -2.15. The van der Waals surface area contributed by atoms with E-state index in [0.717, 1.165) is 36.7 Å². The van der Waals surface area contributed by atoms with Gasteiger partial charge in [0.15, 0.2) is 5.65 Å². The van der Waals surface area contributed by atoms with E-state index in [0.29, 0.717) is 22.8 Å². The molecule has 0 saturated carbocycles. The number of rotatable bonds is 8. The summed E-state index contributed by atoms with van der Waals surface area (Å²) in [5, 5.41) is 7.13. The highest BCUT2D eigenvalue weighted by atomic mass is 79.9. The average Bonchev–Trinajstić information content (AvgIpc) is 3.55. The van der Waals surface area contributed by atoms with Crippen molar-refractivity contribution in [1.29, 1.82) is 0 Å². The van der Waals surface area contributed by atoms with Crippen LogP contribution in [0.1, 0.15) is 35.8 Å². The summed E-state index contributed by atoms with van der Waals surface area (Å²) < 4.78 is 2.90. The second-order valence-electron chi connectivity index (χ2n) is 9.82. The quantitative estimate of drug-likeness (QED) is 0.174. The van der Waals surface area contributed by atoms with Crippen molar-refractivity contribution in [2.45, 2.75) is 29.6 Å². The zero-order valence-corrected chi connectivity index (χ0v) is 25.2. The number of carbonyl (C=O) groups is 1. The number of aromatic nitrogens is 5. The monoisotopic (exact) mass is 635 g/mol. The second kappa shape index (κ2) is 12.1. The number of nitrogens with zero attached hydrogens (tertiary/aromatic N) is 5. The van der Waals surface area contributed by atoms with Gasteiger partial charge in [0.2, 0.25) is 0 Å². The number of amides is 1. The maximum atomic E-state index is 13.2. The van der Waals surface area contributed by atoms with Crippen LogP contribution in [0, 0.1) is 0 Å². The van der Waals surface area contributed by atoms with Gasteiger partial charge in [0, 0.05) is 49.8 Å². The Balaban J connectivity index is 1.34. The fraction of sp³-hybridized carbons (Fsp3) is 0.0938. The molecule has 8 nitrogen and oxygen atoms in total. The summed E-state index contributed by atoms with van der Waals surface area (Å²) in [5.74, 6) is 1.09. The largest absolute Gasteiger partial charge is 0.339 e. The van der Waals surface area contributed by atoms with Gasteiger partial charge in [0.25, 0.3) is 5.91 Å². The molecule has 4 heterocycles. The van der Waals surface area contributed by atoms with Crippen molar-refractivity contribution in [3.8, 4) is 5.69 Å². The van der Waals surface area contributed by atoms with Crippen molar-refractivity contribution in [1.82, 2.24) is 24.5 Å². The first-order valence-electron chi connectivity index (χ1n) is 13.3. The fourth-order valence-electron chi connectivity index (χ4n) is 4.32. The lowest BCUT2D eigenvalue weighted by molar-refractivity contribution is 0.102. The van der Waals surface area contributed by atoms with Gasteiger partial charge >= 0.3 is 0 Å². The van der Waals surface area contributed by atoms with E-state index in [1.807, 2.05) is 60.9 Å². The number of carbonyl (C=O) groups excluding carboxylic acids is 1. The summed E-state index contributed by atoms with van der Waals surface area (Å²) in [5.41, 5.74) is 3.87. The van der Waals surface area contributed by atoms with Crippen molar-refractivity contribution in [2.75, 3.05) is 10.6 Å². The Labute approximate surface area is 255 Å². The number of pyridine rings is 2. The number of nitrogens with one attached hydrogen (secondary N) is 2. The van der Waals surface area contributed by atoms with Crippen molar-refractivity contribution < 1.29 is 4.79 Å². The predicted molar refractivity (Wildman–Crippen MR) is 171 cm³/mol. The van der Waals surface area contributed by atoms with Crippen LogP contribution in [-0.2, 0) is 0 Å². The molecule has 6 aromatic rings. The number of fused-ring (bicyclic) bond motifs is 1. The molecule has 1 amide bonds. The lowest BCUT2D eigenvalue weighted by Crippen LogP contribution is -2.13. The molecule has 2 aromatic carbocycles. The normalized spacial score (nSPS) is 11.1. The topological polar surface area (TPSA) is 97.6 Å². The first-order chi connectivity index (χ1) is 20.4. The van der Waals surface area contributed by atoms with Gasteiger partial charge < -0.3 is 15.2 Å². The van der Waals surface area contributed by atoms with E-state index in [1.54, 1.807) is 24.0 Å². The van der Waals surface area contributed by atoms with Gasteiger partial charge in [-0.1, -0.05) is 25.6 Å². The van der Waals surface area contributed by atoms with Crippen LogP contribution in [0.5, 0.6) is 0 Å². The van der Waals surface area contributed by atoms with Crippen molar-refractivity contribution in [3.63, 3.8) is 0 Å². The predicted octanol–water partition coefficient (Wildman–Crippen LogP) is 8.24. The summed E-state index contributed by atoms with van der Waals surface area (Å²) in [7, 11) is 0. The summed E-state index contributed by atoms with van der Waals surface area (Å²) >= 11 is 4.97. The Kier molecular flexibility index (Phi) is 7.98. The van der Waals surface area contributed by atoms with E-state index in [2.05, 4.69) is 84.2 Å². The molecule has 0 aliphatic heterocycles. The van der Waals surface area contributed by atoms with Gasteiger partial charge in [-0.2, -0.15) is 0 Å². The fourth-order valence-corrected chi connectivity index (χ4v) is 5.44. The SMILES string of the molecule is CC(C)c1ccc2c(Nc3cc(C(=O)Nc4ccc(Br)cn4)ccc3Sc3ccc(-n4cccc4)cc3)ncnc2n1. The molecule has 0 radical (unpaired) electrons. The van der Waals surface area contributed by atoms with E-state index in [9.17, 15) is 4.79 Å². The standard InChI is InChI=1S/C32H26BrN7OS/c1-20(2)26-12-11-25-30(37-26)35-19-36-31(25)38-27-17-21(32(41)39-29-14-6-22(33)18-34-29)5-13-28(27)42-24-9-7-23(8-10-24)40-15-3-4-16-40/h3-20H,1-2H3,(H,34,39,41)(H,35,36,37,38). The van der Waals surface area contributed by atoms with Gasteiger partial charge in [-0.15, -0.1) is 0 Å². The highest BCUT2D eigenvalue weighted by molar-refractivity contribution is 9.10. The molecule has 2 N–H and O–H groups in total. The molecule has 4 aromatic heterocycles. The molecule has 10 heteroatoms. The van der Waals surface area contributed by atoms with Crippen LogP contribution >= 0.6 is 27.7 Å². The van der Waals surface area contributed by atoms with Gasteiger partial charge in [-0.25, -0.2) is 19.9 Å². The number of hydrogen-bond donors (Lipinski definition) is 2. The number of halogens is 1. The Morgan fingerprint density at radius 1 is 0.929 bits per heavy atom. The van der Waals surface area contributed by atoms with Crippen LogP contribution < -0.4 is 10.6 Å². The molecule has 0 spiro atoms. The third-order valence-electron chi connectivity index (χ3n) is 6.54. The summed E-state index contributed by atoms with van der Waals surface area (Å²) in [6, 6.07) is 25.5. The molecular formula is C32H26BrN7OS. The minimum atomic E-state index is -0.267. The van der Waals surface area contributed by atoms with E-state index in [-0.39, 0.29) is 11.8 Å². The number of anilines is 3. The minimum absolute atomic E-state index is 0.267. The maximum Gasteiger partial charge on any atom is 0.256 e. The van der Waals surface area contributed by atoms with E-state index >= 15 is 0 Å². The molecule has 6 rings (SSSR count). The maximum absolute atomic E-state index is 13.2. The van der Waals surface area contributed by atoms with Crippen molar-refractivity contribution in [3.05, 3.63) is 120 Å². The van der Waals surface area contributed by atoms with Gasteiger partial charge in [-0.05, 0) is 101 Å². The van der Waals surface area contributed by atoms with Crippen LogP contribution in [0.4, 0.5) is 17.3 Å².